The fourth-order valence-electron chi connectivity index (χ4n) is 3.78. The van der Waals surface area contributed by atoms with E-state index in [0.29, 0.717) is 0 Å². The van der Waals surface area contributed by atoms with Gasteiger partial charge in [0.15, 0.2) is 0 Å². The van der Waals surface area contributed by atoms with E-state index >= 15 is 0 Å². The fraction of sp³-hybridized carbons (Fsp3) is 0.0769. The van der Waals surface area contributed by atoms with Gasteiger partial charge in [-0.25, -0.2) is 4.98 Å². The topological polar surface area (TPSA) is 44.8 Å². The highest BCUT2D eigenvalue weighted by Crippen LogP contribution is 2.36. The molecule has 0 amide bonds. The summed E-state index contributed by atoms with van der Waals surface area (Å²) in [5, 5.41) is 2.41. The first kappa shape index (κ1) is 18.1. The van der Waals surface area contributed by atoms with Crippen LogP contribution in [0.5, 0.6) is 0 Å². The van der Waals surface area contributed by atoms with Crippen LogP contribution in [0.25, 0.3) is 44.7 Å². The molecule has 0 spiro atoms. The number of nitrogens with zero attached hydrogens (tertiary/aromatic N) is 3. The Labute approximate surface area is 175 Å². The van der Waals surface area contributed by atoms with Gasteiger partial charge in [-0.2, -0.15) is 0 Å². The maximum absolute atomic E-state index is 5.01. The minimum Gasteiger partial charge on any atom is -0.378 e. The van der Waals surface area contributed by atoms with E-state index in [1.807, 2.05) is 38.6 Å². The summed E-state index contributed by atoms with van der Waals surface area (Å²) in [6.45, 7) is 0. The number of rotatable bonds is 4. The number of anilines is 1. The number of H-pyrrole nitrogens is 1. The number of fused-ring (bicyclic) bond motifs is 1. The highest BCUT2D eigenvalue weighted by molar-refractivity contribution is 5.99. The predicted molar refractivity (Wildman–Crippen MR) is 125 cm³/mol. The van der Waals surface area contributed by atoms with Crippen molar-refractivity contribution >= 4 is 16.5 Å². The lowest BCUT2D eigenvalue weighted by Gasteiger charge is -2.12. The Hall–Kier alpha value is -3.92. The summed E-state index contributed by atoms with van der Waals surface area (Å²) >= 11 is 0. The Bertz CT molecular complexity index is 1300. The van der Waals surface area contributed by atoms with E-state index in [1.165, 1.54) is 10.8 Å². The van der Waals surface area contributed by atoms with Gasteiger partial charge in [-0.15, -0.1) is 0 Å². The highest BCUT2D eigenvalue weighted by atomic mass is 15.1. The molecule has 4 nitrogen and oxygen atoms in total. The first-order valence-corrected chi connectivity index (χ1v) is 9.97. The number of aromatic amines is 1. The van der Waals surface area contributed by atoms with E-state index < -0.39 is 0 Å². The second kappa shape index (κ2) is 7.48. The quantitative estimate of drug-likeness (QED) is 0.408. The van der Waals surface area contributed by atoms with Crippen molar-refractivity contribution in [1.82, 2.24) is 15.0 Å². The summed E-state index contributed by atoms with van der Waals surface area (Å²) in [4.78, 5) is 14.9. The van der Waals surface area contributed by atoms with Gasteiger partial charge >= 0.3 is 0 Å². The molecule has 0 saturated heterocycles. The molecule has 30 heavy (non-hydrogen) atoms. The molecule has 0 radical (unpaired) electrons. The SMILES string of the molecule is CN(C)c1ccc(-c2nc(-c3ccncc3)c(-c3cccc4ccccc34)[nH]2)cc1. The van der Waals surface area contributed by atoms with Gasteiger partial charge in [-0.1, -0.05) is 42.5 Å². The van der Waals surface area contributed by atoms with Crippen molar-refractivity contribution in [2.45, 2.75) is 0 Å². The zero-order valence-electron chi connectivity index (χ0n) is 17.0. The molecule has 4 heteroatoms. The summed E-state index contributed by atoms with van der Waals surface area (Å²) < 4.78 is 0. The number of hydrogen-bond donors (Lipinski definition) is 1. The molecule has 0 aliphatic carbocycles. The van der Waals surface area contributed by atoms with Gasteiger partial charge in [0, 0.05) is 48.9 Å². The smallest absolute Gasteiger partial charge is 0.138 e. The third-order valence-electron chi connectivity index (χ3n) is 5.37. The van der Waals surface area contributed by atoms with Crippen LogP contribution >= 0.6 is 0 Å². The van der Waals surface area contributed by atoms with Crippen molar-refractivity contribution in [2.24, 2.45) is 0 Å². The second-order valence-corrected chi connectivity index (χ2v) is 7.51. The molecule has 2 heterocycles. The van der Waals surface area contributed by atoms with Crippen LogP contribution in [-0.4, -0.2) is 29.0 Å². The van der Waals surface area contributed by atoms with Crippen LogP contribution in [0.3, 0.4) is 0 Å². The Morgan fingerprint density at radius 1 is 0.733 bits per heavy atom. The molecule has 0 saturated carbocycles. The number of benzene rings is 3. The molecule has 5 aromatic rings. The van der Waals surface area contributed by atoms with Crippen molar-refractivity contribution in [3.05, 3.63) is 91.3 Å². The van der Waals surface area contributed by atoms with Crippen LogP contribution in [0.2, 0.25) is 0 Å². The van der Waals surface area contributed by atoms with Crippen LogP contribution < -0.4 is 4.90 Å². The summed E-state index contributed by atoms with van der Waals surface area (Å²) in [5.74, 6) is 0.857. The van der Waals surface area contributed by atoms with Gasteiger partial charge < -0.3 is 9.88 Å². The molecule has 0 unspecified atom stereocenters. The molecule has 146 valence electrons. The molecule has 0 bridgehead atoms. The van der Waals surface area contributed by atoms with Gasteiger partial charge in [0.05, 0.1) is 11.4 Å². The molecule has 0 aliphatic heterocycles. The predicted octanol–water partition coefficient (Wildman–Crippen LogP) is 6.02. The average Bonchev–Trinajstić information content (AvgIpc) is 3.24. The Morgan fingerprint density at radius 3 is 2.23 bits per heavy atom. The van der Waals surface area contributed by atoms with Crippen molar-refractivity contribution < 1.29 is 0 Å². The van der Waals surface area contributed by atoms with E-state index in [9.17, 15) is 0 Å². The third-order valence-corrected chi connectivity index (χ3v) is 5.37. The summed E-state index contributed by atoms with van der Waals surface area (Å²) in [7, 11) is 4.09. The van der Waals surface area contributed by atoms with Crippen molar-refractivity contribution in [3.8, 4) is 33.9 Å². The summed E-state index contributed by atoms with van der Waals surface area (Å²) in [5.41, 5.74) is 6.35. The van der Waals surface area contributed by atoms with E-state index in [0.717, 1.165) is 39.6 Å². The number of nitrogens with one attached hydrogen (secondary N) is 1. The van der Waals surface area contributed by atoms with Crippen LogP contribution in [0.15, 0.2) is 91.3 Å². The maximum atomic E-state index is 5.01. The number of hydrogen-bond acceptors (Lipinski definition) is 3. The van der Waals surface area contributed by atoms with E-state index in [2.05, 4.69) is 81.6 Å². The van der Waals surface area contributed by atoms with Gasteiger partial charge in [-0.05, 0) is 47.2 Å². The molecule has 0 aliphatic rings. The molecule has 0 atom stereocenters. The molecule has 0 fully saturated rings. The average molecular weight is 390 g/mol. The van der Waals surface area contributed by atoms with Crippen molar-refractivity contribution in [1.29, 1.82) is 0 Å². The molecule has 2 aromatic heterocycles. The summed E-state index contributed by atoms with van der Waals surface area (Å²) in [6.07, 6.45) is 3.62. The van der Waals surface area contributed by atoms with Crippen LogP contribution in [0.1, 0.15) is 0 Å². The molecule has 1 N–H and O–H groups in total. The van der Waals surface area contributed by atoms with Crippen LogP contribution in [0.4, 0.5) is 5.69 Å². The minimum absolute atomic E-state index is 0.857. The molecular formula is C26H22N4. The van der Waals surface area contributed by atoms with Gasteiger partial charge in [0.1, 0.15) is 5.82 Å². The first-order chi connectivity index (χ1) is 14.7. The zero-order valence-corrected chi connectivity index (χ0v) is 17.0. The Balaban J connectivity index is 1.71. The lowest BCUT2D eigenvalue weighted by molar-refractivity contribution is 1.13. The van der Waals surface area contributed by atoms with Crippen molar-refractivity contribution in [2.75, 3.05) is 19.0 Å². The number of imidazole rings is 1. The second-order valence-electron chi connectivity index (χ2n) is 7.51. The first-order valence-electron chi connectivity index (χ1n) is 9.97. The minimum atomic E-state index is 0.857. The third kappa shape index (κ3) is 3.22. The fourth-order valence-corrected chi connectivity index (χ4v) is 3.78. The number of pyridine rings is 1. The normalized spacial score (nSPS) is 11.0. The van der Waals surface area contributed by atoms with Gasteiger partial charge in [0.25, 0.3) is 0 Å². The maximum Gasteiger partial charge on any atom is 0.138 e. The zero-order chi connectivity index (χ0) is 20.5. The van der Waals surface area contributed by atoms with E-state index in [1.54, 1.807) is 0 Å². The largest absolute Gasteiger partial charge is 0.378 e. The Morgan fingerprint density at radius 2 is 1.47 bits per heavy atom. The Kier molecular flexibility index (Phi) is 4.52. The van der Waals surface area contributed by atoms with Crippen LogP contribution in [0, 0.1) is 0 Å². The lowest BCUT2D eigenvalue weighted by atomic mass is 9.99. The standard InChI is InChI=1S/C26H22N4/c1-30(2)21-12-10-20(11-13-21)26-28-24(19-14-16-27-17-15-19)25(29-26)23-9-5-7-18-6-3-4-8-22(18)23/h3-17H,1-2H3,(H,28,29). The highest BCUT2D eigenvalue weighted by Gasteiger charge is 2.17. The molecular weight excluding hydrogens is 368 g/mol. The van der Waals surface area contributed by atoms with Crippen molar-refractivity contribution in [3.63, 3.8) is 0 Å². The van der Waals surface area contributed by atoms with E-state index in [4.69, 9.17) is 4.98 Å². The number of aromatic nitrogens is 3. The van der Waals surface area contributed by atoms with Gasteiger partial charge in [-0.3, -0.25) is 4.98 Å². The summed E-state index contributed by atoms with van der Waals surface area (Å²) in [6, 6.07) is 27.3. The monoisotopic (exact) mass is 390 g/mol. The molecule has 5 rings (SSSR count). The van der Waals surface area contributed by atoms with Crippen LogP contribution in [-0.2, 0) is 0 Å². The lowest BCUT2D eigenvalue weighted by Crippen LogP contribution is -2.07. The van der Waals surface area contributed by atoms with E-state index in [-0.39, 0.29) is 0 Å². The molecule has 3 aromatic carbocycles. The van der Waals surface area contributed by atoms with Gasteiger partial charge in [0.2, 0.25) is 0 Å².